The lowest BCUT2D eigenvalue weighted by Gasteiger charge is -2.10. The van der Waals surface area contributed by atoms with E-state index in [-0.39, 0.29) is 18.2 Å². The van der Waals surface area contributed by atoms with Crippen molar-refractivity contribution in [2.24, 2.45) is 0 Å². The van der Waals surface area contributed by atoms with Gasteiger partial charge in [-0.15, -0.1) is 12.4 Å². The summed E-state index contributed by atoms with van der Waals surface area (Å²) in [6, 6.07) is 6.53. The number of nitrogens with one attached hydrogen (secondary N) is 2. The van der Waals surface area contributed by atoms with Crippen LogP contribution in [-0.4, -0.2) is 9.97 Å². The molecule has 3 aromatic rings. The van der Waals surface area contributed by atoms with Gasteiger partial charge in [-0.2, -0.15) is 0 Å². The first-order valence-corrected chi connectivity index (χ1v) is 8.05. The summed E-state index contributed by atoms with van der Waals surface area (Å²) in [5.74, 6) is 0.633. The first-order chi connectivity index (χ1) is 11.1. The third-order valence-corrected chi connectivity index (χ3v) is 4.30. The Hall–Kier alpha value is -2.07. The zero-order valence-electron chi connectivity index (χ0n) is 14.2. The molecular weight excluding hydrogens is 325 g/mol. The van der Waals surface area contributed by atoms with Crippen LogP contribution in [0.3, 0.4) is 0 Å². The van der Waals surface area contributed by atoms with Crippen LogP contribution in [0.5, 0.6) is 0 Å². The van der Waals surface area contributed by atoms with Gasteiger partial charge in [0.25, 0.3) is 0 Å². The predicted molar refractivity (Wildman–Crippen MR) is 101 cm³/mol. The molecule has 24 heavy (non-hydrogen) atoms. The number of pyridine rings is 1. The van der Waals surface area contributed by atoms with Gasteiger partial charge >= 0.3 is 0 Å². The number of nitrogens with zero attached hydrogens (tertiary/aromatic N) is 1. The van der Waals surface area contributed by atoms with Crippen molar-refractivity contribution in [3.8, 4) is 0 Å². The van der Waals surface area contributed by atoms with Crippen LogP contribution in [0, 0.1) is 19.7 Å². The molecule has 0 unspecified atom stereocenters. The Kier molecular flexibility index (Phi) is 5.84. The lowest BCUT2D eigenvalue weighted by Crippen LogP contribution is -2.03. The van der Waals surface area contributed by atoms with Crippen molar-refractivity contribution in [3.63, 3.8) is 0 Å². The highest BCUT2D eigenvalue weighted by atomic mass is 35.5. The van der Waals surface area contributed by atoms with E-state index < -0.39 is 0 Å². The average Bonchev–Trinajstić information content (AvgIpc) is 2.84. The van der Waals surface area contributed by atoms with Gasteiger partial charge in [-0.1, -0.05) is 25.5 Å². The van der Waals surface area contributed by atoms with Gasteiger partial charge < -0.3 is 10.3 Å². The molecule has 0 radical (unpaired) electrons. The standard InChI is InChI=1S/C19H22FN3.ClH/c1-4-5-15-11-22-19(18-17(15)12(2)13(3)23-18)21-10-14-6-8-16(20)9-7-14;/h6-9,11,23H,4-5,10H2,1-3H3,(H,21,22);1H. The van der Waals surface area contributed by atoms with E-state index in [1.165, 1.54) is 34.3 Å². The van der Waals surface area contributed by atoms with Gasteiger partial charge in [-0.05, 0) is 49.1 Å². The van der Waals surface area contributed by atoms with Gasteiger partial charge in [0.1, 0.15) is 5.82 Å². The summed E-state index contributed by atoms with van der Waals surface area (Å²) in [5.41, 5.74) is 5.84. The lowest BCUT2D eigenvalue weighted by molar-refractivity contribution is 0.627. The smallest absolute Gasteiger partial charge is 0.150 e. The summed E-state index contributed by atoms with van der Waals surface area (Å²) >= 11 is 0. The number of H-pyrrole nitrogens is 1. The molecule has 3 rings (SSSR count). The van der Waals surface area contributed by atoms with E-state index in [4.69, 9.17) is 0 Å². The van der Waals surface area contributed by atoms with Crippen LogP contribution >= 0.6 is 12.4 Å². The van der Waals surface area contributed by atoms with Crippen molar-refractivity contribution in [3.05, 3.63) is 58.7 Å². The molecule has 2 N–H and O–H groups in total. The summed E-state index contributed by atoms with van der Waals surface area (Å²) in [7, 11) is 0. The number of halogens is 2. The minimum atomic E-state index is -0.214. The van der Waals surface area contributed by atoms with Gasteiger partial charge in [0.2, 0.25) is 0 Å². The van der Waals surface area contributed by atoms with Crippen molar-refractivity contribution in [2.45, 2.75) is 40.2 Å². The van der Waals surface area contributed by atoms with E-state index in [2.05, 4.69) is 36.1 Å². The summed E-state index contributed by atoms with van der Waals surface area (Å²) in [6.45, 7) is 7.04. The average molecular weight is 348 g/mol. The molecular formula is C19H23ClFN3. The highest BCUT2D eigenvalue weighted by molar-refractivity contribution is 5.94. The molecule has 0 aliphatic carbocycles. The number of hydrogen-bond donors (Lipinski definition) is 2. The Labute approximate surface area is 148 Å². The number of aromatic nitrogens is 2. The van der Waals surface area contributed by atoms with Crippen LogP contribution in [0.25, 0.3) is 10.9 Å². The van der Waals surface area contributed by atoms with E-state index >= 15 is 0 Å². The Balaban J connectivity index is 0.00000208. The minimum Gasteiger partial charge on any atom is -0.364 e. The van der Waals surface area contributed by atoms with E-state index in [0.717, 1.165) is 29.7 Å². The van der Waals surface area contributed by atoms with Crippen molar-refractivity contribution < 1.29 is 4.39 Å². The normalized spacial score (nSPS) is 10.7. The van der Waals surface area contributed by atoms with Crippen molar-refractivity contribution in [1.82, 2.24) is 9.97 Å². The molecule has 2 aromatic heterocycles. The molecule has 5 heteroatoms. The maximum Gasteiger partial charge on any atom is 0.150 e. The predicted octanol–water partition coefficient (Wildman–Crippen LogP) is 5.31. The number of benzene rings is 1. The SMILES string of the molecule is CCCc1cnc(NCc2ccc(F)cc2)c2[nH]c(C)c(C)c12.Cl. The van der Waals surface area contributed by atoms with E-state index in [1.807, 2.05) is 6.20 Å². The number of hydrogen-bond acceptors (Lipinski definition) is 2. The van der Waals surface area contributed by atoms with Gasteiger partial charge in [0.15, 0.2) is 5.82 Å². The maximum atomic E-state index is 13.0. The second-order valence-electron chi connectivity index (χ2n) is 5.99. The fourth-order valence-electron chi connectivity index (χ4n) is 2.95. The van der Waals surface area contributed by atoms with Crippen LogP contribution < -0.4 is 5.32 Å². The molecule has 0 aliphatic heterocycles. The van der Waals surface area contributed by atoms with Crippen LogP contribution in [0.15, 0.2) is 30.5 Å². The van der Waals surface area contributed by atoms with Crippen LogP contribution in [0.1, 0.15) is 35.7 Å². The van der Waals surface area contributed by atoms with Gasteiger partial charge in [-0.3, -0.25) is 0 Å². The summed E-state index contributed by atoms with van der Waals surface area (Å²) in [4.78, 5) is 8.05. The van der Waals surface area contributed by atoms with E-state index in [0.29, 0.717) is 6.54 Å². The Morgan fingerprint density at radius 3 is 2.54 bits per heavy atom. The number of aryl methyl sites for hydroxylation is 3. The Morgan fingerprint density at radius 1 is 1.17 bits per heavy atom. The molecule has 0 bridgehead atoms. The molecule has 0 aliphatic rings. The fraction of sp³-hybridized carbons (Fsp3) is 0.316. The van der Waals surface area contributed by atoms with Crippen LogP contribution in [0.4, 0.5) is 10.2 Å². The molecule has 0 saturated carbocycles. The third kappa shape index (κ3) is 3.54. The summed E-state index contributed by atoms with van der Waals surface area (Å²) in [6.07, 6.45) is 4.10. The molecule has 2 heterocycles. The first kappa shape index (κ1) is 18.3. The van der Waals surface area contributed by atoms with Crippen LogP contribution in [0.2, 0.25) is 0 Å². The number of fused-ring (bicyclic) bond motifs is 1. The van der Waals surface area contributed by atoms with E-state index in [9.17, 15) is 4.39 Å². The zero-order chi connectivity index (χ0) is 16.4. The summed E-state index contributed by atoms with van der Waals surface area (Å²) < 4.78 is 13.0. The highest BCUT2D eigenvalue weighted by Crippen LogP contribution is 2.30. The quantitative estimate of drug-likeness (QED) is 0.657. The second-order valence-corrected chi connectivity index (χ2v) is 5.99. The molecule has 3 nitrogen and oxygen atoms in total. The molecule has 0 saturated heterocycles. The van der Waals surface area contributed by atoms with Crippen molar-refractivity contribution in [2.75, 3.05) is 5.32 Å². The number of rotatable bonds is 5. The molecule has 0 fully saturated rings. The van der Waals surface area contributed by atoms with Gasteiger partial charge in [0, 0.05) is 23.8 Å². The summed E-state index contributed by atoms with van der Waals surface area (Å²) in [5, 5.41) is 4.65. The second kappa shape index (κ2) is 7.67. The molecule has 0 spiro atoms. The molecule has 0 atom stereocenters. The first-order valence-electron chi connectivity index (χ1n) is 8.05. The lowest BCUT2D eigenvalue weighted by atomic mass is 10.0. The third-order valence-electron chi connectivity index (χ3n) is 4.30. The molecule has 1 aromatic carbocycles. The zero-order valence-corrected chi connectivity index (χ0v) is 15.1. The maximum absolute atomic E-state index is 13.0. The van der Waals surface area contributed by atoms with Crippen molar-refractivity contribution >= 4 is 29.1 Å². The number of anilines is 1. The fourth-order valence-corrected chi connectivity index (χ4v) is 2.95. The minimum absolute atomic E-state index is 0. The largest absolute Gasteiger partial charge is 0.364 e. The van der Waals surface area contributed by atoms with Crippen molar-refractivity contribution in [1.29, 1.82) is 0 Å². The number of aromatic amines is 1. The highest BCUT2D eigenvalue weighted by Gasteiger charge is 2.13. The molecule has 128 valence electrons. The Morgan fingerprint density at radius 2 is 1.88 bits per heavy atom. The molecule has 0 amide bonds. The van der Waals surface area contributed by atoms with Crippen LogP contribution in [-0.2, 0) is 13.0 Å². The van der Waals surface area contributed by atoms with Gasteiger partial charge in [0.05, 0.1) is 5.52 Å². The monoisotopic (exact) mass is 347 g/mol. The topological polar surface area (TPSA) is 40.7 Å². The van der Waals surface area contributed by atoms with E-state index in [1.54, 1.807) is 12.1 Å². The van der Waals surface area contributed by atoms with Gasteiger partial charge in [-0.25, -0.2) is 9.37 Å². The Bertz CT molecular complexity index is 825.